The van der Waals surface area contributed by atoms with Crippen molar-refractivity contribution in [3.63, 3.8) is 0 Å². The molecule has 1 aliphatic carbocycles. The van der Waals surface area contributed by atoms with Crippen LogP contribution in [0.4, 0.5) is 5.95 Å². The van der Waals surface area contributed by atoms with E-state index in [1.165, 1.54) is 6.42 Å². The maximum atomic E-state index is 12.0. The molecule has 0 spiro atoms. The first-order valence-electron chi connectivity index (χ1n) is 6.48. The smallest absolute Gasteiger partial charge is 0.270 e. The molecule has 2 rings (SSSR count). The van der Waals surface area contributed by atoms with Gasteiger partial charge in [-0.1, -0.05) is 6.92 Å². The summed E-state index contributed by atoms with van der Waals surface area (Å²) in [6.45, 7) is 7.53. The monoisotopic (exact) mass is 248 g/mol. The standard InChI is InChI=1S/C13H20N4O/c1-4-14-13-16-9(3)6-11(17-13)12(18)15-7-10-5-8(10)2/h6,8,10H,4-5,7H2,1-3H3,(H,15,18)(H,14,16,17). The molecule has 0 saturated heterocycles. The van der Waals surface area contributed by atoms with Crippen molar-refractivity contribution in [1.82, 2.24) is 15.3 Å². The van der Waals surface area contributed by atoms with Gasteiger partial charge in [-0.15, -0.1) is 0 Å². The minimum atomic E-state index is -0.112. The zero-order valence-corrected chi connectivity index (χ0v) is 11.2. The van der Waals surface area contributed by atoms with Crippen LogP contribution in [0.15, 0.2) is 6.07 Å². The molecule has 5 heteroatoms. The van der Waals surface area contributed by atoms with Gasteiger partial charge in [-0.05, 0) is 38.2 Å². The third kappa shape index (κ3) is 3.18. The molecule has 1 aromatic heterocycles. The summed E-state index contributed by atoms with van der Waals surface area (Å²) in [4.78, 5) is 20.4. The van der Waals surface area contributed by atoms with Crippen molar-refractivity contribution in [2.45, 2.75) is 27.2 Å². The average molecular weight is 248 g/mol. The number of nitrogens with one attached hydrogen (secondary N) is 2. The Bertz CT molecular complexity index is 447. The Morgan fingerprint density at radius 3 is 2.83 bits per heavy atom. The van der Waals surface area contributed by atoms with Crippen molar-refractivity contribution in [3.8, 4) is 0 Å². The number of amides is 1. The Labute approximate surface area is 107 Å². The van der Waals surface area contributed by atoms with Crippen LogP contribution in [0.2, 0.25) is 0 Å². The Kier molecular flexibility index (Phi) is 3.79. The molecule has 2 unspecified atom stereocenters. The first-order chi connectivity index (χ1) is 8.60. The molecule has 98 valence electrons. The van der Waals surface area contributed by atoms with Crippen molar-refractivity contribution in [3.05, 3.63) is 17.5 Å². The van der Waals surface area contributed by atoms with Crippen LogP contribution in [0.3, 0.4) is 0 Å². The fourth-order valence-electron chi connectivity index (χ4n) is 1.92. The van der Waals surface area contributed by atoms with E-state index in [9.17, 15) is 4.79 Å². The number of carbonyl (C=O) groups excluding carboxylic acids is 1. The van der Waals surface area contributed by atoms with Crippen LogP contribution in [0.5, 0.6) is 0 Å². The van der Waals surface area contributed by atoms with Crippen molar-refractivity contribution in [1.29, 1.82) is 0 Å². The van der Waals surface area contributed by atoms with Crippen LogP contribution in [0, 0.1) is 18.8 Å². The minimum absolute atomic E-state index is 0.112. The lowest BCUT2D eigenvalue weighted by atomic mass is 10.3. The van der Waals surface area contributed by atoms with Gasteiger partial charge in [0.05, 0.1) is 0 Å². The highest BCUT2D eigenvalue weighted by Crippen LogP contribution is 2.36. The first-order valence-corrected chi connectivity index (χ1v) is 6.48. The molecule has 1 heterocycles. The van der Waals surface area contributed by atoms with Gasteiger partial charge in [0.1, 0.15) is 5.69 Å². The lowest BCUT2D eigenvalue weighted by Gasteiger charge is -2.07. The van der Waals surface area contributed by atoms with E-state index in [1.54, 1.807) is 6.07 Å². The van der Waals surface area contributed by atoms with Gasteiger partial charge in [-0.3, -0.25) is 4.79 Å². The van der Waals surface area contributed by atoms with Crippen LogP contribution in [0.1, 0.15) is 36.5 Å². The van der Waals surface area contributed by atoms with E-state index < -0.39 is 0 Å². The van der Waals surface area contributed by atoms with Crippen molar-refractivity contribution in [2.24, 2.45) is 11.8 Å². The number of aryl methyl sites for hydroxylation is 1. The van der Waals surface area contributed by atoms with Gasteiger partial charge in [0, 0.05) is 18.8 Å². The second kappa shape index (κ2) is 5.33. The van der Waals surface area contributed by atoms with Gasteiger partial charge in [-0.25, -0.2) is 9.97 Å². The van der Waals surface area contributed by atoms with E-state index in [4.69, 9.17) is 0 Å². The molecule has 2 N–H and O–H groups in total. The molecule has 5 nitrogen and oxygen atoms in total. The van der Waals surface area contributed by atoms with Crippen molar-refractivity contribution < 1.29 is 4.79 Å². The lowest BCUT2D eigenvalue weighted by molar-refractivity contribution is 0.0946. The Morgan fingerprint density at radius 2 is 2.22 bits per heavy atom. The maximum Gasteiger partial charge on any atom is 0.270 e. The molecule has 1 fully saturated rings. The van der Waals surface area contributed by atoms with Gasteiger partial charge in [-0.2, -0.15) is 0 Å². The number of carbonyl (C=O) groups is 1. The van der Waals surface area contributed by atoms with Gasteiger partial charge in [0.2, 0.25) is 5.95 Å². The highest BCUT2D eigenvalue weighted by atomic mass is 16.1. The van der Waals surface area contributed by atoms with E-state index >= 15 is 0 Å². The molecule has 0 bridgehead atoms. The molecule has 18 heavy (non-hydrogen) atoms. The molecule has 0 aromatic carbocycles. The van der Waals surface area contributed by atoms with Gasteiger partial charge < -0.3 is 10.6 Å². The summed E-state index contributed by atoms with van der Waals surface area (Å²) >= 11 is 0. The molecule has 0 radical (unpaired) electrons. The largest absolute Gasteiger partial charge is 0.354 e. The number of hydrogen-bond acceptors (Lipinski definition) is 4. The van der Waals surface area contributed by atoms with Crippen LogP contribution < -0.4 is 10.6 Å². The number of rotatable bonds is 5. The predicted octanol–water partition coefficient (Wildman–Crippen LogP) is 1.60. The SMILES string of the molecule is CCNc1nc(C)cc(C(=O)NCC2CC2C)n1. The molecule has 2 atom stereocenters. The molecule has 0 aliphatic heterocycles. The third-order valence-corrected chi connectivity index (χ3v) is 3.22. The summed E-state index contributed by atoms with van der Waals surface area (Å²) in [6.07, 6.45) is 1.21. The molecular formula is C13H20N4O. The Balaban J connectivity index is 1.99. The summed E-state index contributed by atoms with van der Waals surface area (Å²) in [5.41, 5.74) is 1.23. The summed E-state index contributed by atoms with van der Waals surface area (Å²) in [6, 6.07) is 1.71. The van der Waals surface area contributed by atoms with Crippen molar-refractivity contribution in [2.75, 3.05) is 18.4 Å². The predicted molar refractivity (Wildman–Crippen MR) is 70.5 cm³/mol. The second-order valence-electron chi connectivity index (χ2n) is 4.93. The lowest BCUT2D eigenvalue weighted by Crippen LogP contribution is -2.27. The first kappa shape index (κ1) is 12.8. The Hall–Kier alpha value is -1.65. The van der Waals surface area contributed by atoms with Crippen LogP contribution in [-0.4, -0.2) is 29.0 Å². The highest BCUT2D eigenvalue weighted by Gasteiger charge is 2.32. The molecule has 1 aromatic rings. The van der Waals surface area contributed by atoms with Crippen LogP contribution in [-0.2, 0) is 0 Å². The fourth-order valence-corrected chi connectivity index (χ4v) is 1.92. The molecular weight excluding hydrogens is 228 g/mol. The summed E-state index contributed by atoms with van der Waals surface area (Å²) in [7, 11) is 0. The van der Waals surface area contributed by atoms with E-state index in [-0.39, 0.29) is 5.91 Å². The summed E-state index contributed by atoms with van der Waals surface area (Å²) in [5.74, 6) is 1.79. The third-order valence-electron chi connectivity index (χ3n) is 3.22. The summed E-state index contributed by atoms with van der Waals surface area (Å²) < 4.78 is 0. The van der Waals surface area contributed by atoms with Crippen LogP contribution in [0.25, 0.3) is 0 Å². The maximum absolute atomic E-state index is 12.0. The van der Waals surface area contributed by atoms with Gasteiger partial charge >= 0.3 is 0 Å². The number of anilines is 1. The fraction of sp³-hybridized carbons (Fsp3) is 0.615. The van der Waals surface area contributed by atoms with E-state index in [2.05, 4.69) is 27.5 Å². The van der Waals surface area contributed by atoms with E-state index in [1.807, 2.05) is 13.8 Å². The zero-order valence-electron chi connectivity index (χ0n) is 11.2. The summed E-state index contributed by atoms with van der Waals surface area (Å²) in [5, 5.41) is 5.96. The van der Waals surface area contributed by atoms with E-state index in [0.717, 1.165) is 24.7 Å². The Morgan fingerprint density at radius 1 is 1.50 bits per heavy atom. The van der Waals surface area contributed by atoms with Crippen molar-refractivity contribution >= 4 is 11.9 Å². The average Bonchev–Trinajstić information content (AvgIpc) is 3.02. The quantitative estimate of drug-likeness (QED) is 0.830. The topological polar surface area (TPSA) is 66.9 Å². The zero-order chi connectivity index (χ0) is 13.1. The van der Waals surface area contributed by atoms with Gasteiger partial charge in [0.15, 0.2) is 0 Å². The molecule has 1 amide bonds. The normalized spacial score (nSPS) is 21.5. The van der Waals surface area contributed by atoms with Gasteiger partial charge in [0.25, 0.3) is 5.91 Å². The second-order valence-corrected chi connectivity index (χ2v) is 4.93. The number of hydrogen-bond donors (Lipinski definition) is 2. The number of aromatic nitrogens is 2. The minimum Gasteiger partial charge on any atom is -0.354 e. The highest BCUT2D eigenvalue weighted by molar-refractivity contribution is 5.92. The molecule has 1 saturated carbocycles. The number of nitrogens with zero attached hydrogens (tertiary/aromatic N) is 2. The van der Waals surface area contributed by atoms with Crippen LogP contribution >= 0.6 is 0 Å². The van der Waals surface area contributed by atoms with E-state index in [0.29, 0.717) is 17.6 Å². The molecule has 1 aliphatic rings.